The van der Waals surface area contributed by atoms with Gasteiger partial charge in [-0.2, -0.15) is 25.3 Å². The van der Waals surface area contributed by atoms with Crippen LogP contribution in [0.25, 0.3) is 17.2 Å². The van der Waals surface area contributed by atoms with Crippen LogP contribution >= 0.6 is 25.3 Å². The van der Waals surface area contributed by atoms with Gasteiger partial charge in [-0.3, -0.25) is 0 Å². The zero-order chi connectivity index (χ0) is 16.8. The van der Waals surface area contributed by atoms with Crippen molar-refractivity contribution in [3.8, 4) is 11.1 Å². The fourth-order valence-electron chi connectivity index (χ4n) is 2.80. The molecule has 0 aliphatic rings. The van der Waals surface area contributed by atoms with Crippen LogP contribution in [0.4, 0.5) is 0 Å². The van der Waals surface area contributed by atoms with E-state index < -0.39 is 0 Å². The summed E-state index contributed by atoms with van der Waals surface area (Å²) in [7, 11) is 0. The minimum absolute atomic E-state index is 0.421. The van der Waals surface area contributed by atoms with Crippen molar-refractivity contribution >= 4 is 31.3 Å². The van der Waals surface area contributed by atoms with E-state index in [2.05, 4.69) is 94.6 Å². The van der Waals surface area contributed by atoms with Crippen molar-refractivity contribution in [3.05, 3.63) is 64.7 Å². The Morgan fingerprint density at radius 3 is 2.30 bits per heavy atom. The molecular formula is C21H26S2. The SMILES string of the molecule is Cc1ccc(-c2ccc(C)cc2CCC(C)S)c(/C=C\CS)c1. The van der Waals surface area contributed by atoms with E-state index >= 15 is 0 Å². The van der Waals surface area contributed by atoms with E-state index in [1.54, 1.807) is 0 Å². The molecule has 0 fully saturated rings. The molecule has 2 aromatic carbocycles. The lowest BCUT2D eigenvalue weighted by molar-refractivity contribution is 0.816. The van der Waals surface area contributed by atoms with E-state index in [0.29, 0.717) is 5.25 Å². The van der Waals surface area contributed by atoms with Gasteiger partial charge in [-0.05, 0) is 54.2 Å². The highest BCUT2D eigenvalue weighted by atomic mass is 32.1. The van der Waals surface area contributed by atoms with Crippen LogP contribution in [0.3, 0.4) is 0 Å². The Kier molecular flexibility index (Phi) is 6.86. The molecule has 0 saturated heterocycles. The first kappa shape index (κ1) is 18.2. The van der Waals surface area contributed by atoms with Crippen LogP contribution in [-0.4, -0.2) is 11.0 Å². The van der Waals surface area contributed by atoms with Crippen molar-refractivity contribution in [2.45, 2.75) is 38.9 Å². The lowest BCUT2D eigenvalue weighted by Gasteiger charge is -2.15. The van der Waals surface area contributed by atoms with Gasteiger partial charge in [0.05, 0.1) is 0 Å². The maximum atomic E-state index is 4.54. The minimum Gasteiger partial charge on any atom is -0.176 e. The summed E-state index contributed by atoms with van der Waals surface area (Å²) in [6.45, 7) is 6.46. The molecule has 2 aromatic rings. The van der Waals surface area contributed by atoms with E-state index in [-0.39, 0.29) is 0 Å². The highest BCUT2D eigenvalue weighted by Gasteiger charge is 2.10. The Labute approximate surface area is 151 Å². The molecule has 2 heteroatoms. The summed E-state index contributed by atoms with van der Waals surface area (Å²) in [5.41, 5.74) is 7.91. The van der Waals surface area contributed by atoms with E-state index in [9.17, 15) is 0 Å². The van der Waals surface area contributed by atoms with Crippen LogP contribution in [0.5, 0.6) is 0 Å². The van der Waals surface area contributed by atoms with Crippen molar-refractivity contribution in [2.24, 2.45) is 0 Å². The summed E-state index contributed by atoms with van der Waals surface area (Å²) in [5, 5.41) is 0.421. The lowest BCUT2D eigenvalue weighted by atomic mass is 9.91. The smallest absolute Gasteiger partial charge is 0.00858 e. The number of aryl methyl sites for hydroxylation is 3. The molecule has 0 amide bonds. The van der Waals surface area contributed by atoms with Gasteiger partial charge < -0.3 is 0 Å². The van der Waals surface area contributed by atoms with Crippen molar-refractivity contribution in [1.29, 1.82) is 0 Å². The molecule has 0 aliphatic carbocycles. The molecule has 0 aromatic heterocycles. The average Bonchev–Trinajstić information content (AvgIpc) is 2.51. The molecule has 0 saturated carbocycles. The van der Waals surface area contributed by atoms with E-state index in [1.165, 1.54) is 33.4 Å². The zero-order valence-electron chi connectivity index (χ0n) is 14.2. The summed E-state index contributed by atoms with van der Waals surface area (Å²) in [5.74, 6) is 0.755. The van der Waals surface area contributed by atoms with E-state index in [0.717, 1.165) is 18.6 Å². The van der Waals surface area contributed by atoms with Crippen LogP contribution in [0.15, 0.2) is 42.5 Å². The van der Waals surface area contributed by atoms with Crippen molar-refractivity contribution < 1.29 is 0 Å². The van der Waals surface area contributed by atoms with Crippen LogP contribution in [-0.2, 0) is 6.42 Å². The highest BCUT2D eigenvalue weighted by Crippen LogP contribution is 2.31. The van der Waals surface area contributed by atoms with Crippen molar-refractivity contribution in [2.75, 3.05) is 5.75 Å². The molecule has 0 spiro atoms. The molecule has 0 radical (unpaired) electrons. The van der Waals surface area contributed by atoms with Gasteiger partial charge in [-0.15, -0.1) is 0 Å². The number of thiol groups is 2. The fourth-order valence-corrected chi connectivity index (χ4v) is 3.04. The molecule has 0 N–H and O–H groups in total. The van der Waals surface area contributed by atoms with E-state index in [1.807, 2.05) is 0 Å². The highest BCUT2D eigenvalue weighted by molar-refractivity contribution is 7.80. The molecule has 0 aliphatic heterocycles. The second kappa shape index (κ2) is 8.65. The van der Waals surface area contributed by atoms with Crippen LogP contribution in [0.1, 0.15) is 35.6 Å². The van der Waals surface area contributed by atoms with Gasteiger partial charge in [0.15, 0.2) is 0 Å². The molecule has 0 heterocycles. The topological polar surface area (TPSA) is 0 Å². The van der Waals surface area contributed by atoms with Gasteiger partial charge >= 0.3 is 0 Å². The third kappa shape index (κ3) is 5.19. The average molecular weight is 343 g/mol. The molecule has 122 valence electrons. The summed E-state index contributed by atoms with van der Waals surface area (Å²) in [6, 6.07) is 13.5. The quantitative estimate of drug-likeness (QED) is 0.577. The third-order valence-corrected chi connectivity index (χ3v) is 4.46. The molecular weight excluding hydrogens is 316 g/mol. The minimum atomic E-state index is 0.421. The lowest BCUT2D eigenvalue weighted by Crippen LogP contribution is -1.98. The number of hydrogen-bond donors (Lipinski definition) is 2. The Balaban J connectivity index is 2.50. The number of rotatable bonds is 6. The monoisotopic (exact) mass is 342 g/mol. The maximum Gasteiger partial charge on any atom is 0.00858 e. The zero-order valence-corrected chi connectivity index (χ0v) is 16.0. The Bertz CT molecular complexity index is 684. The maximum absolute atomic E-state index is 4.54. The summed E-state index contributed by atoms with van der Waals surface area (Å²) < 4.78 is 0. The van der Waals surface area contributed by atoms with Crippen molar-refractivity contribution in [3.63, 3.8) is 0 Å². The Morgan fingerprint density at radius 2 is 1.65 bits per heavy atom. The molecule has 1 unspecified atom stereocenters. The van der Waals surface area contributed by atoms with Gasteiger partial charge in [-0.1, -0.05) is 66.6 Å². The largest absolute Gasteiger partial charge is 0.176 e. The number of benzene rings is 2. The molecule has 0 nitrogen and oxygen atoms in total. The molecule has 23 heavy (non-hydrogen) atoms. The fraction of sp³-hybridized carbons (Fsp3) is 0.333. The predicted octanol–water partition coefficient (Wildman–Crippen LogP) is 6.16. The third-order valence-electron chi connectivity index (χ3n) is 3.99. The summed E-state index contributed by atoms with van der Waals surface area (Å²) in [4.78, 5) is 0. The van der Waals surface area contributed by atoms with Gasteiger partial charge in [0.25, 0.3) is 0 Å². The normalized spacial score (nSPS) is 12.7. The van der Waals surface area contributed by atoms with Crippen LogP contribution in [0.2, 0.25) is 0 Å². The van der Waals surface area contributed by atoms with E-state index in [4.69, 9.17) is 0 Å². The Morgan fingerprint density at radius 1 is 1.00 bits per heavy atom. The molecule has 1 atom stereocenters. The first-order chi connectivity index (χ1) is 11.0. The standard InChI is InChI=1S/C21H26S2/c1-15-6-10-20(18(13-15)5-4-12-22)21-11-7-16(2)14-19(21)9-8-17(3)23/h4-7,10-11,13-14,17,22-23H,8-9,12H2,1-3H3/b5-4-. The van der Waals surface area contributed by atoms with Crippen molar-refractivity contribution in [1.82, 2.24) is 0 Å². The molecule has 0 bridgehead atoms. The van der Waals surface area contributed by atoms with Gasteiger partial charge in [-0.25, -0.2) is 0 Å². The van der Waals surface area contributed by atoms with Crippen LogP contribution in [0, 0.1) is 13.8 Å². The first-order valence-electron chi connectivity index (χ1n) is 8.17. The van der Waals surface area contributed by atoms with Gasteiger partial charge in [0.1, 0.15) is 0 Å². The second-order valence-corrected chi connectivity index (χ2v) is 7.47. The van der Waals surface area contributed by atoms with Gasteiger partial charge in [0.2, 0.25) is 0 Å². The number of hydrogen-bond acceptors (Lipinski definition) is 2. The van der Waals surface area contributed by atoms with Gasteiger partial charge in [0, 0.05) is 5.75 Å². The Hall–Kier alpha value is -1.12. The summed E-state index contributed by atoms with van der Waals surface area (Å²) >= 11 is 8.83. The molecule has 2 rings (SSSR count). The van der Waals surface area contributed by atoms with Crippen LogP contribution < -0.4 is 0 Å². The first-order valence-corrected chi connectivity index (χ1v) is 9.32. The summed E-state index contributed by atoms with van der Waals surface area (Å²) in [6.07, 6.45) is 6.43. The predicted molar refractivity (Wildman–Crippen MR) is 111 cm³/mol. The second-order valence-electron chi connectivity index (χ2n) is 6.22.